The second-order valence-electron chi connectivity index (χ2n) is 10.5. The Kier molecular flexibility index (Phi) is 4.92. The van der Waals surface area contributed by atoms with E-state index in [9.17, 15) is 14.4 Å². The molecule has 0 spiro atoms. The summed E-state index contributed by atoms with van der Waals surface area (Å²) in [5.41, 5.74) is 7.90. The van der Waals surface area contributed by atoms with E-state index >= 15 is 0 Å². The Morgan fingerprint density at radius 3 is 1.71 bits per heavy atom. The highest BCUT2D eigenvalue weighted by Gasteiger charge is 2.62. The van der Waals surface area contributed by atoms with E-state index in [2.05, 4.69) is 29.6 Å². The number of hydrogen-bond acceptors (Lipinski definition) is 3. The van der Waals surface area contributed by atoms with Crippen LogP contribution in [0.25, 0.3) is 0 Å². The lowest BCUT2D eigenvalue weighted by molar-refractivity contribution is -0.122. The quantitative estimate of drug-likeness (QED) is 0.355. The molecule has 2 bridgehead atoms. The molecular formula is C33H26N2O3. The zero-order valence-corrected chi connectivity index (χ0v) is 21.1. The minimum absolute atomic E-state index is 0.185. The normalized spacial score (nSPS) is 22.6. The van der Waals surface area contributed by atoms with Gasteiger partial charge in [-0.05, 0) is 65.4 Å². The van der Waals surface area contributed by atoms with Crippen LogP contribution in [-0.2, 0) is 9.59 Å². The number of anilines is 2. The second-order valence-corrected chi connectivity index (χ2v) is 10.5. The molecule has 4 aliphatic rings. The highest BCUT2D eigenvalue weighted by molar-refractivity contribution is 6.26. The van der Waals surface area contributed by atoms with Crippen molar-refractivity contribution in [2.24, 2.45) is 11.8 Å². The molecule has 0 radical (unpaired) electrons. The molecule has 1 fully saturated rings. The van der Waals surface area contributed by atoms with Crippen molar-refractivity contribution < 1.29 is 14.4 Å². The molecule has 5 nitrogen and oxygen atoms in total. The van der Waals surface area contributed by atoms with E-state index in [1.807, 2.05) is 56.3 Å². The molecule has 2 atom stereocenters. The first-order valence-electron chi connectivity index (χ1n) is 13.0. The monoisotopic (exact) mass is 498 g/mol. The van der Waals surface area contributed by atoms with Gasteiger partial charge in [0.2, 0.25) is 11.8 Å². The van der Waals surface area contributed by atoms with E-state index in [1.165, 1.54) is 4.90 Å². The fourth-order valence-corrected chi connectivity index (χ4v) is 6.85. The third-order valence-corrected chi connectivity index (χ3v) is 8.69. The standard InChI is InChI=1S/C33H26N2O3/c1-18-10-9-16-25(19(18)2)34-31(36)24-15-7-8-17-26(24)35-32(37)29-27-20-11-3-4-12-21(20)28(30(29)33(35)38)23-14-6-5-13-22(23)27/h3-17,27-30H,1-2H3,(H,34,36)/t27?,28?,29-,30-/m1/s1. The maximum atomic E-state index is 14.2. The molecule has 4 aromatic rings. The predicted octanol–water partition coefficient (Wildman–Crippen LogP) is 5.95. The first kappa shape index (κ1) is 22.7. The Labute approximate surface area is 221 Å². The fourth-order valence-electron chi connectivity index (χ4n) is 6.85. The fraction of sp³-hybridized carbons (Fsp3) is 0.182. The summed E-state index contributed by atoms with van der Waals surface area (Å²) in [6.07, 6.45) is 0. The van der Waals surface area contributed by atoms with Crippen LogP contribution in [0, 0.1) is 25.7 Å². The minimum Gasteiger partial charge on any atom is -0.322 e. The molecule has 5 heteroatoms. The van der Waals surface area contributed by atoms with Crippen LogP contribution in [0.4, 0.5) is 11.4 Å². The van der Waals surface area contributed by atoms with Crippen LogP contribution in [0.3, 0.4) is 0 Å². The third-order valence-electron chi connectivity index (χ3n) is 8.69. The largest absolute Gasteiger partial charge is 0.322 e. The lowest BCUT2D eigenvalue weighted by Crippen LogP contribution is -2.41. The lowest BCUT2D eigenvalue weighted by atomic mass is 9.55. The zero-order valence-electron chi connectivity index (χ0n) is 21.1. The molecule has 186 valence electrons. The number of aryl methyl sites for hydroxylation is 1. The molecule has 1 heterocycles. The minimum atomic E-state index is -0.493. The molecule has 8 rings (SSSR count). The Balaban J connectivity index is 1.32. The molecular weight excluding hydrogens is 472 g/mol. The number of carbonyl (C=O) groups is 3. The number of amides is 3. The van der Waals surface area contributed by atoms with E-state index < -0.39 is 11.8 Å². The van der Waals surface area contributed by atoms with Crippen molar-refractivity contribution in [1.82, 2.24) is 0 Å². The highest BCUT2D eigenvalue weighted by Crippen LogP contribution is 2.61. The number of nitrogens with zero attached hydrogens (tertiary/aromatic N) is 1. The van der Waals surface area contributed by atoms with E-state index in [-0.39, 0.29) is 29.6 Å². The number of para-hydroxylation sites is 1. The number of nitrogens with one attached hydrogen (secondary N) is 1. The van der Waals surface area contributed by atoms with Gasteiger partial charge in [0, 0.05) is 17.5 Å². The van der Waals surface area contributed by atoms with Gasteiger partial charge in [-0.2, -0.15) is 0 Å². The summed E-state index contributed by atoms with van der Waals surface area (Å²) in [6.45, 7) is 3.95. The molecule has 3 amide bonds. The van der Waals surface area contributed by atoms with Gasteiger partial charge in [0.15, 0.2) is 0 Å². The van der Waals surface area contributed by atoms with Crippen LogP contribution in [0.2, 0.25) is 0 Å². The van der Waals surface area contributed by atoms with Gasteiger partial charge in [0.1, 0.15) is 0 Å². The van der Waals surface area contributed by atoms with Gasteiger partial charge < -0.3 is 5.32 Å². The summed E-state index contributed by atoms with van der Waals surface area (Å²) in [6, 6.07) is 29.0. The smallest absolute Gasteiger partial charge is 0.257 e. The van der Waals surface area contributed by atoms with Gasteiger partial charge in [0.25, 0.3) is 5.91 Å². The summed E-state index contributed by atoms with van der Waals surface area (Å²) in [5.74, 6) is -2.17. The SMILES string of the molecule is Cc1cccc(NC(=O)c2ccccc2N2C(=O)[C@@H]3C4c5ccccc5C(c5ccccc54)[C@H]3C2=O)c1C. The highest BCUT2D eigenvalue weighted by atomic mass is 16.2. The molecule has 0 saturated carbocycles. The number of benzene rings is 4. The van der Waals surface area contributed by atoms with Gasteiger partial charge in [-0.3, -0.25) is 14.4 Å². The summed E-state index contributed by atoms with van der Waals surface area (Å²) in [5, 5.41) is 2.99. The van der Waals surface area contributed by atoms with Crippen molar-refractivity contribution in [3.63, 3.8) is 0 Å². The molecule has 38 heavy (non-hydrogen) atoms. The summed E-state index contributed by atoms with van der Waals surface area (Å²) < 4.78 is 0. The Hall–Kier alpha value is -4.51. The van der Waals surface area contributed by atoms with Crippen LogP contribution in [0.5, 0.6) is 0 Å². The van der Waals surface area contributed by atoms with Crippen LogP contribution in [0.1, 0.15) is 55.6 Å². The first-order chi connectivity index (χ1) is 18.5. The molecule has 4 aromatic carbocycles. The lowest BCUT2D eigenvalue weighted by Gasteiger charge is -2.45. The predicted molar refractivity (Wildman–Crippen MR) is 146 cm³/mol. The summed E-state index contributed by atoms with van der Waals surface area (Å²) >= 11 is 0. The van der Waals surface area contributed by atoms with Crippen LogP contribution in [0.15, 0.2) is 91.0 Å². The number of hydrogen-bond donors (Lipinski definition) is 1. The Morgan fingerprint density at radius 1 is 0.658 bits per heavy atom. The van der Waals surface area contributed by atoms with Crippen molar-refractivity contribution >= 4 is 29.1 Å². The summed E-state index contributed by atoms with van der Waals surface area (Å²) in [4.78, 5) is 43.1. The van der Waals surface area contributed by atoms with Gasteiger partial charge in [-0.1, -0.05) is 72.8 Å². The van der Waals surface area contributed by atoms with E-state index in [4.69, 9.17) is 0 Å². The van der Waals surface area contributed by atoms with E-state index in [1.54, 1.807) is 24.3 Å². The molecule has 0 aromatic heterocycles. The topological polar surface area (TPSA) is 66.5 Å². The molecule has 1 saturated heterocycles. The van der Waals surface area contributed by atoms with Crippen molar-refractivity contribution in [2.45, 2.75) is 25.7 Å². The van der Waals surface area contributed by atoms with E-state index in [0.29, 0.717) is 16.9 Å². The number of rotatable bonds is 3. The number of imide groups is 1. The van der Waals surface area contributed by atoms with Gasteiger partial charge in [-0.15, -0.1) is 0 Å². The van der Waals surface area contributed by atoms with Crippen LogP contribution >= 0.6 is 0 Å². The van der Waals surface area contributed by atoms with Crippen molar-refractivity contribution in [3.05, 3.63) is 130 Å². The third kappa shape index (κ3) is 3.02. The van der Waals surface area contributed by atoms with E-state index in [0.717, 1.165) is 33.4 Å². The maximum absolute atomic E-state index is 14.2. The first-order valence-corrected chi connectivity index (χ1v) is 13.0. The molecule has 1 N–H and O–H groups in total. The van der Waals surface area contributed by atoms with Crippen LogP contribution < -0.4 is 10.2 Å². The maximum Gasteiger partial charge on any atom is 0.257 e. The zero-order chi connectivity index (χ0) is 26.1. The average Bonchev–Trinajstić information content (AvgIpc) is 3.21. The molecule has 3 aliphatic carbocycles. The Morgan fingerprint density at radius 2 is 1.16 bits per heavy atom. The van der Waals surface area contributed by atoms with Gasteiger partial charge in [0.05, 0.1) is 23.1 Å². The van der Waals surface area contributed by atoms with Crippen molar-refractivity contribution in [1.29, 1.82) is 0 Å². The van der Waals surface area contributed by atoms with Crippen LogP contribution in [-0.4, -0.2) is 17.7 Å². The molecule has 1 aliphatic heterocycles. The summed E-state index contributed by atoms with van der Waals surface area (Å²) in [7, 11) is 0. The second kappa shape index (κ2) is 8.25. The van der Waals surface area contributed by atoms with Crippen molar-refractivity contribution in [2.75, 3.05) is 10.2 Å². The van der Waals surface area contributed by atoms with Crippen molar-refractivity contribution in [3.8, 4) is 0 Å². The average molecular weight is 499 g/mol. The van der Waals surface area contributed by atoms with Gasteiger partial charge in [-0.25, -0.2) is 4.90 Å². The van der Waals surface area contributed by atoms with Gasteiger partial charge >= 0.3 is 0 Å². The Bertz CT molecular complexity index is 1560. The number of carbonyl (C=O) groups excluding carboxylic acids is 3. The molecule has 0 unspecified atom stereocenters.